The molecule has 1 amide bonds. The van der Waals surface area contributed by atoms with Gasteiger partial charge in [-0.3, -0.25) is 4.79 Å². The zero-order chi connectivity index (χ0) is 14.7. The highest BCUT2D eigenvalue weighted by atomic mass is 16.1. The zero-order valence-electron chi connectivity index (χ0n) is 11.6. The minimum Gasteiger partial charge on any atom is -0.397 e. The molecular weight excluding hydrogens is 252 g/mol. The lowest BCUT2D eigenvalue weighted by atomic mass is 10.1. The topological polar surface area (TPSA) is 84.4 Å². The third-order valence-electron chi connectivity index (χ3n) is 3.00. The number of nitrogens with zero attached hydrogens (tertiary/aromatic N) is 1. The van der Waals surface area contributed by atoms with Crippen molar-refractivity contribution in [3.05, 3.63) is 48.0 Å². The molecule has 2 aromatic rings. The van der Waals surface area contributed by atoms with Gasteiger partial charge >= 0.3 is 0 Å². The minimum atomic E-state index is -0.476. The van der Waals surface area contributed by atoms with E-state index in [0.717, 1.165) is 11.4 Å². The Hall–Kier alpha value is -2.69. The Balaban J connectivity index is 2.25. The molecule has 0 spiro atoms. The van der Waals surface area contributed by atoms with E-state index in [0.29, 0.717) is 16.9 Å². The van der Waals surface area contributed by atoms with Crippen LogP contribution in [-0.2, 0) is 0 Å². The lowest BCUT2D eigenvalue weighted by Crippen LogP contribution is -2.11. The second-order valence-electron chi connectivity index (χ2n) is 4.73. The molecule has 5 nitrogen and oxygen atoms in total. The first kappa shape index (κ1) is 13.7. The van der Waals surface area contributed by atoms with Gasteiger partial charge in [0.15, 0.2) is 0 Å². The summed E-state index contributed by atoms with van der Waals surface area (Å²) in [5, 5.41) is 3.18. The van der Waals surface area contributed by atoms with E-state index < -0.39 is 5.91 Å². The number of anilines is 4. The van der Waals surface area contributed by atoms with Crippen LogP contribution in [0.4, 0.5) is 22.7 Å². The van der Waals surface area contributed by atoms with Crippen LogP contribution in [0.25, 0.3) is 0 Å². The van der Waals surface area contributed by atoms with E-state index in [1.165, 1.54) is 0 Å². The van der Waals surface area contributed by atoms with Crippen molar-refractivity contribution in [2.75, 3.05) is 30.0 Å². The molecule has 2 rings (SSSR count). The fraction of sp³-hybridized carbons (Fsp3) is 0.133. The van der Waals surface area contributed by atoms with Crippen LogP contribution in [0, 0.1) is 0 Å². The molecule has 0 radical (unpaired) electrons. The summed E-state index contributed by atoms with van der Waals surface area (Å²) in [6.45, 7) is 0. The van der Waals surface area contributed by atoms with E-state index in [4.69, 9.17) is 11.5 Å². The Kier molecular flexibility index (Phi) is 3.79. The second kappa shape index (κ2) is 5.52. The van der Waals surface area contributed by atoms with Crippen LogP contribution in [0.5, 0.6) is 0 Å². The smallest absolute Gasteiger partial charge is 0.248 e. The van der Waals surface area contributed by atoms with E-state index in [-0.39, 0.29) is 0 Å². The minimum absolute atomic E-state index is 0.423. The van der Waals surface area contributed by atoms with Gasteiger partial charge < -0.3 is 21.7 Å². The Morgan fingerprint density at radius 1 is 1.10 bits per heavy atom. The van der Waals surface area contributed by atoms with E-state index >= 15 is 0 Å². The van der Waals surface area contributed by atoms with Crippen molar-refractivity contribution in [1.29, 1.82) is 0 Å². The van der Waals surface area contributed by atoms with Crippen molar-refractivity contribution in [1.82, 2.24) is 0 Å². The van der Waals surface area contributed by atoms with Crippen molar-refractivity contribution < 1.29 is 4.79 Å². The molecular formula is C15H18N4O. The van der Waals surface area contributed by atoms with Crippen LogP contribution in [-0.4, -0.2) is 20.0 Å². The number of carbonyl (C=O) groups is 1. The fourth-order valence-corrected chi connectivity index (χ4v) is 1.82. The van der Waals surface area contributed by atoms with E-state index in [2.05, 4.69) is 5.32 Å². The Bertz CT molecular complexity index is 620. The van der Waals surface area contributed by atoms with Gasteiger partial charge in [0.2, 0.25) is 5.91 Å². The molecule has 0 bridgehead atoms. The third kappa shape index (κ3) is 3.00. The van der Waals surface area contributed by atoms with Gasteiger partial charge in [0, 0.05) is 31.0 Å². The number of benzene rings is 2. The van der Waals surface area contributed by atoms with Crippen molar-refractivity contribution >= 4 is 28.7 Å². The predicted octanol–water partition coefficient (Wildman–Crippen LogP) is 2.18. The van der Waals surface area contributed by atoms with Gasteiger partial charge in [0.05, 0.1) is 11.4 Å². The Labute approximate surface area is 118 Å². The molecule has 0 fully saturated rings. The number of nitrogen functional groups attached to an aromatic ring is 1. The average molecular weight is 270 g/mol. The number of carbonyl (C=O) groups excluding carboxylic acids is 1. The first-order valence-corrected chi connectivity index (χ1v) is 6.21. The van der Waals surface area contributed by atoms with E-state index in [9.17, 15) is 4.79 Å². The van der Waals surface area contributed by atoms with Gasteiger partial charge in [0.25, 0.3) is 0 Å². The molecule has 0 heterocycles. The largest absolute Gasteiger partial charge is 0.397 e. The molecule has 0 unspecified atom stereocenters. The maximum Gasteiger partial charge on any atom is 0.248 e. The summed E-state index contributed by atoms with van der Waals surface area (Å²) < 4.78 is 0. The van der Waals surface area contributed by atoms with Crippen LogP contribution in [0.3, 0.4) is 0 Å². The predicted molar refractivity (Wildman–Crippen MR) is 83.4 cm³/mol. The Morgan fingerprint density at radius 2 is 1.75 bits per heavy atom. The molecule has 0 saturated heterocycles. The van der Waals surface area contributed by atoms with Crippen LogP contribution < -0.4 is 21.7 Å². The summed E-state index contributed by atoms with van der Waals surface area (Å²) in [7, 11) is 3.97. The maximum absolute atomic E-state index is 11.2. The highest BCUT2D eigenvalue weighted by Crippen LogP contribution is 2.25. The SMILES string of the molecule is CN(C)c1ccc(Nc2cc(C(N)=O)ccc2N)cc1. The summed E-state index contributed by atoms with van der Waals surface area (Å²) in [5.41, 5.74) is 14.8. The van der Waals surface area contributed by atoms with Gasteiger partial charge in [-0.15, -0.1) is 0 Å². The molecule has 0 aliphatic heterocycles. The van der Waals surface area contributed by atoms with Crippen LogP contribution in [0.2, 0.25) is 0 Å². The van der Waals surface area contributed by atoms with Gasteiger partial charge in [-0.05, 0) is 42.5 Å². The van der Waals surface area contributed by atoms with Crippen molar-refractivity contribution in [3.63, 3.8) is 0 Å². The lowest BCUT2D eigenvalue weighted by Gasteiger charge is -2.14. The number of nitrogens with two attached hydrogens (primary N) is 2. The van der Waals surface area contributed by atoms with Gasteiger partial charge in [-0.1, -0.05) is 0 Å². The molecule has 2 aromatic carbocycles. The van der Waals surface area contributed by atoms with Crippen LogP contribution in [0.1, 0.15) is 10.4 Å². The number of amides is 1. The third-order valence-corrected chi connectivity index (χ3v) is 3.00. The highest BCUT2D eigenvalue weighted by molar-refractivity contribution is 5.95. The first-order chi connectivity index (χ1) is 9.47. The molecule has 5 N–H and O–H groups in total. The zero-order valence-corrected chi connectivity index (χ0v) is 11.6. The molecule has 5 heteroatoms. The van der Waals surface area contributed by atoms with Crippen molar-refractivity contribution in [2.45, 2.75) is 0 Å². The fourth-order valence-electron chi connectivity index (χ4n) is 1.82. The molecule has 0 saturated carbocycles. The number of primary amides is 1. The molecule has 20 heavy (non-hydrogen) atoms. The number of hydrogen-bond donors (Lipinski definition) is 3. The van der Waals surface area contributed by atoms with Crippen molar-refractivity contribution in [3.8, 4) is 0 Å². The molecule has 0 aliphatic rings. The van der Waals surface area contributed by atoms with Crippen LogP contribution in [0.15, 0.2) is 42.5 Å². The second-order valence-corrected chi connectivity index (χ2v) is 4.73. The van der Waals surface area contributed by atoms with Gasteiger partial charge in [-0.25, -0.2) is 0 Å². The van der Waals surface area contributed by atoms with E-state index in [1.807, 2.05) is 43.3 Å². The van der Waals surface area contributed by atoms with Gasteiger partial charge in [0.1, 0.15) is 0 Å². The number of hydrogen-bond acceptors (Lipinski definition) is 4. The maximum atomic E-state index is 11.2. The molecule has 104 valence electrons. The highest BCUT2D eigenvalue weighted by Gasteiger charge is 2.05. The average Bonchev–Trinajstić information content (AvgIpc) is 2.41. The number of nitrogens with one attached hydrogen (secondary N) is 1. The Morgan fingerprint density at radius 3 is 2.30 bits per heavy atom. The summed E-state index contributed by atoms with van der Waals surface area (Å²) in [5.74, 6) is -0.476. The van der Waals surface area contributed by atoms with Crippen LogP contribution >= 0.6 is 0 Å². The normalized spacial score (nSPS) is 10.1. The van der Waals surface area contributed by atoms with Gasteiger partial charge in [-0.2, -0.15) is 0 Å². The monoisotopic (exact) mass is 270 g/mol. The summed E-state index contributed by atoms with van der Waals surface area (Å²) in [6.07, 6.45) is 0. The number of rotatable bonds is 4. The summed E-state index contributed by atoms with van der Waals surface area (Å²) >= 11 is 0. The first-order valence-electron chi connectivity index (χ1n) is 6.21. The summed E-state index contributed by atoms with van der Waals surface area (Å²) in [4.78, 5) is 13.2. The molecule has 0 atom stereocenters. The molecule has 0 aromatic heterocycles. The standard InChI is InChI=1S/C15H18N4O/c1-19(2)12-6-4-11(5-7-12)18-14-9-10(15(17)20)3-8-13(14)16/h3-9,18H,16H2,1-2H3,(H2,17,20). The lowest BCUT2D eigenvalue weighted by molar-refractivity contribution is 0.100. The van der Waals surface area contributed by atoms with Crippen molar-refractivity contribution in [2.24, 2.45) is 5.73 Å². The quantitative estimate of drug-likeness (QED) is 0.743. The molecule has 0 aliphatic carbocycles. The van der Waals surface area contributed by atoms with E-state index in [1.54, 1.807) is 18.2 Å². The summed E-state index contributed by atoms with van der Waals surface area (Å²) in [6, 6.07) is 12.8.